The fourth-order valence-electron chi connectivity index (χ4n) is 4.99. The van der Waals surface area contributed by atoms with E-state index < -0.39 is 0 Å². The Morgan fingerprint density at radius 2 is 1.65 bits per heavy atom. The molecule has 0 radical (unpaired) electrons. The molecule has 0 bridgehead atoms. The van der Waals surface area contributed by atoms with Crippen molar-refractivity contribution in [3.63, 3.8) is 0 Å². The van der Waals surface area contributed by atoms with E-state index in [1.54, 1.807) is 11.8 Å². The first-order chi connectivity index (χ1) is 18.0. The molecule has 2 fully saturated rings. The number of aryl methyl sites for hydroxylation is 1. The minimum Gasteiger partial charge on any atom is -0.368 e. The maximum Gasteiger partial charge on any atom is 0.253 e. The highest BCUT2D eigenvalue weighted by Gasteiger charge is 2.23. The largest absolute Gasteiger partial charge is 0.368 e. The van der Waals surface area contributed by atoms with Gasteiger partial charge in [0.15, 0.2) is 5.16 Å². The van der Waals surface area contributed by atoms with Crippen molar-refractivity contribution in [3.8, 4) is 0 Å². The highest BCUT2D eigenvalue weighted by molar-refractivity contribution is 7.98. The van der Waals surface area contributed by atoms with Crippen molar-refractivity contribution < 1.29 is 4.79 Å². The molecule has 1 aromatic heterocycles. The number of amides is 1. The number of carbonyl (C=O) groups excluding carboxylic acids is 1. The summed E-state index contributed by atoms with van der Waals surface area (Å²) in [5.41, 5.74) is 4.40. The lowest BCUT2D eigenvalue weighted by Gasteiger charge is -2.36. The molecule has 3 heterocycles. The van der Waals surface area contributed by atoms with Crippen molar-refractivity contribution in [1.29, 1.82) is 0 Å². The summed E-state index contributed by atoms with van der Waals surface area (Å²) in [6, 6.07) is 18.2. The molecule has 0 spiro atoms. The van der Waals surface area contributed by atoms with Gasteiger partial charge in [0.05, 0.1) is 0 Å². The second-order valence-electron chi connectivity index (χ2n) is 10.1. The summed E-state index contributed by atoms with van der Waals surface area (Å²) in [5, 5.41) is 1.17. The van der Waals surface area contributed by atoms with Crippen LogP contribution in [-0.2, 0) is 5.75 Å². The van der Waals surface area contributed by atoms with Crippen LogP contribution in [0.1, 0.15) is 41.3 Å². The highest BCUT2D eigenvalue weighted by Crippen LogP contribution is 2.28. The first kappa shape index (κ1) is 25.9. The molecule has 2 saturated heterocycles. The molecule has 37 heavy (non-hydrogen) atoms. The predicted molar refractivity (Wildman–Crippen MR) is 153 cm³/mol. The molecule has 1 amide bonds. The molecule has 5 rings (SSSR count). The number of aromatic nitrogens is 2. The van der Waals surface area contributed by atoms with Crippen LogP contribution in [-0.4, -0.2) is 60.0 Å². The maximum atomic E-state index is 13.1. The van der Waals surface area contributed by atoms with E-state index in [-0.39, 0.29) is 5.91 Å². The van der Waals surface area contributed by atoms with Crippen molar-refractivity contribution in [1.82, 2.24) is 14.9 Å². The molecule has 0 atom stereocenters. The second kappa shape index (κ2) is 11.7. The van der Waals surface area contributed by atoms with Gasteiger partial charge in [-0.05, 0) is 55.0 Å². The van der Waals surface area contributed by atoms with Crippen LogP contribution in [0.5, 0.6) is 0 Å². The zero-order valence-electron chi connectivity index (χ0n) is 21.6. The van der Waals surface area contributed by atoms with Crippen LogP contribution >= 0.6 is 23.4 Å². The number of benzene rings is 2. The summed E-state index contributed by atoms with van der Waals surface area (Å²) < 4.78 is 0. The Hall–Kier alpha value is -2.77. The van der Waals surface area contributed by atoms with Gasteiger partial charge in [-0.3, -0.25) is 4.79 Å². The number of thioether (sulfide) groups is 1. The van der Waals surface area contributed by atoms with Crippen LogP contribution in [0.3, 0.4) is 0 Å². The quantitative estimate of drug-likeness (QED) is 0.221. The van der Waals surface area contributed by atoms with Gasteiger partial charge in [0.2, 0.25) is 0 Å². The Morgan fingerprint density at radius 1 is 0.946 bits per heavy atom. The van der Waals surface area contributed by atoms with Crippen LogP contribution in [0.4, 0.5) is 11.5 Å². The normalized spacial score (nSPS) is 16.8. The third-order valence-electron chi connectivity index (χ3n) is 7.36. The Morgan fingerprint density at radius 3 is 2.35 bits per heavy atom. The van der Waals surface area contributed by atoms with Crippen molar-refractivity contribution in [2.45, 2.75) is 37.6 Å². The van der Waals surface area contributed by atoms with E-state index in [4.69, 9.17) is 16.6 Å². The number of hydrogen-bond acceptors (Lipinski definition) is 6. The Labute approximate surface area is 229 Å². The third-order valence-corrected chi connectivity index (χ3v) is 8.47. The average molecular weight is 536 g/mol. The number of halogens is 1. The summed E-state index contributed by atoms with van der Waals surface area (Å²) in [7, 11) is 0. The molecule has 6 nitrogen and oxygen atoms in total. The van der Waals surface area contributed by atoms with Crippen LogP contribution in [0, 0.1) is 12.8 Å². The third kappa shape index (κ3) is 6.39. The number of para-hydroxylation sites is 1. The second-order valence-corrected chi connectivity index (χ2v) is 11.4. The number of rotatable bonds is 6. The number of anilines is 2. The zero-order chi connectivity index (χ0) is 25.8. The van der Waals surface area contributed by atoms with Gasteiger partial charge in [0.25, 0.3) is 5.91 Å². The van der Waals surface area contributed by atoms with E-state index >= 15 is 0 Å². The summed E-state index contributed by atoms with van der Waals surface area (Å²) in [4.78, 5) is 28.9. The first-order valence-electron chi connectivity index (χ1n) is 13.1. The average Bonchev–Trinajstić information content (AvgIpc) is 2.92. The molecule has 194 valence electrons. The minimum atomic E-state index is 0.0994. The molecule has 2 aliphatic rings. The molecular formula is C29H34ClN5OS. The summed E-state index contributed by atoms with van der Waals surface area (Å²) >= 11 is 7.90. The molecule has 3 aromatic rings. The number of carbonyl (C=O) groups is 1. The number of nitrogens with zero attached hydrogens (tertiary/aromatic N) is 5. The Balaban J connectivity index is 1.15. The number of piperazine rings is 1. The number of piperidine rings is 1. The van der Waals surface area contributed by atoms with Crippen molar-refractivity contribution in [3.05, 3.63) is 76.4 Å². The minimum absolute atomic E-state index is 0.0994. The fraction of sp³-hybridized carbons (Fsp3) is 0.414. The van der Waals surface area contributed by atoms with Gasteiger partial charge >= 0.3 is 0 Å². The summed E-state index contributed by atoms with van der Waals surface area (Å²) in [6.45, 7) is 9.62. The predicted octanol–water partition coefficient (Wildman–Crippen LogP) is 5.93. The Kier molecular flexibility index (Phi) is 8.20. The molecule has 2 aromatic carbocycles. The molecule has 0 N–H and O–H groups in total. The molecule has 8 heteroatoms. The lowest BCUT2D eigenvalue weighted by atomic mass is 9.99. The smallest absolute Gasteiger partial charge is 0.253 e. The van der Waals surface area contributed by atoms with Crippen molar-refractivity contribution in [2.75, 3.05) is 49.1 Å². The molecule has 0 saturated carbocycles. The summed E-state index contributed by atoms with van der Waals surface area (Å²) in [6.07, 6.45) is 2.36. The van der Waals surface area contributed by atoms with Gasteiger partial charge in [-0.15, -0.1) is 0 Å². The first-order valence-corrected chi connectivity index (χ1v) is 14.4. The molecular weight excluding hydrogens is 502 g/mol. The Bertz CT molecular complexity index is 1220. The summed E-state index contributed by atoms with van der Waals surface area (Å²) in [5.74, 6) is 2.50. The SMILES string of the molecule is Cc1ccccc1N1CCN(C(=O)c2ccc(CSc3nc(Cl)cc(N4CCC(C)CC4)n3)cc2)CC1. The van der Waals surface area contributed by atoms with E-state index in [0.29, 0.717) is 10.3 Å². The van der Waals surface area contributed by atoms with Crippen LogP contribution in [0.15, 0.2) is 59.8 Å². The van der Waals surface area contributed by atoms with Gasteiger partial charge in [0, 0.05) is 62.3 Å². The van der Waals surface area contributed by atoms with E-state index in [0.717, 1.165) is 67.9 Å². The van der Waals surface area contributed by atoms with E-state index in [9.17, 15) is 4.79 Å². The number of hydrogen-bond donors (Lipinski definition) is 0. The lowest BCUT2D eigenvalue weighted by molar-refractivity contribution is 0.0747. The van der Waals surface area contributed by atoms with Crippen molar-refractivity contribution in [2.24, 2.45) is 5.92 Å². The maximum absolute atomic E-state index is 13.1. The van der Waals surface area contributed by atoms with Crippen LogP contribution in [0.25, 0.3) is 0 Å². The molecule has 2 aliphatic heterocycles. The molecule has 0 unspecified atom stereocenters. The zero-order valence-corrected chi connectivity index (χ0v) is 23.1. The van der Waals surface area contributed by atoms with E-state index in [1.165, 1.54) is 24.1 Å². The topological polar surface area (TPSA) is 52.6 Å². The lowest BCUT2D eigenvalue weighted by Crippen LogP contribution is -2.49. The van der Waals surface area contributed by atoms with Gasteiger partial charge in [-0.25, -0.2) is 9.97 Å². The van der Waals surface area contributed by atoms with Gasteiger partial charge < -0.3 is 14.7 Å². The monoisotopic (exact) mass is 535 g/mol. The van der Waals surface area contributed by atoms with Gasteiger partial charge in [0.1, 0.15) is 11.0 Å². The standard InChI is InChI=1S/C29H34ClN5OS/c1-21-11-13-34(14-12-21)27-19-26(30)31-29(32-27)37-20-23-7-9-24(10-8-23)28(36)35-17-15-33(16-18-35)25-6-4-3-5-22(25)2/h3-10,19,21H,11-18,20H2,1-2H3. The van der Waals surface area contributed by atoms with Gasteiger partial charge in [-0.1, -0.05) is 60.6 Å². The fourth-order valence-corrected chi connectivity index (χ4v) is 6.03. The molecule has 0 aliphatic carbocycles. The van der Waals surface area contributed by atoms with E-state index in [2.05, 4.69) is 52.9 Å². The van der Waals surface area contributed by atoms with Crippen LogP contribution in [0.2, 0.25) is 5.15 Å². The van der Waals surface area contributed by atoms with E-state index in [1.807, 2.05) is 35.2 Å². The highest BCUT2D eigenvalue weighted by atomic mass is 35.5. The van der Waals surface area contributed by atoms with Crippen molar-refractivity contribution >= 4 is 40.8 Å². The van der Waals surface area contributed by atoms with Crippen LogP contribution < -0.4 is 9.80 Å². The van der Waals surface area contributed by atoms with Gasteiger partial charge in [-0.2, -0.15) is 0 Å².